The van der Waals surface area contributed by atoms with Crippen molar-refractivity contribution in [1.82, 2.24) is 4.90 Å². The quantitative estimate of drug-likeness (QED) is 0.387. The Morgan fingerprint density at radius 1 is 1.06 bits per heavy atom. The first-order valence-electron chi connectivity index (χ1n) is 14.5. The Morgan fingerprint density at radius 2 is 1.72 bits per heavy atom. The summed E-state index contributed by atoms with van der Waals surface area (Å²) < 4.78 is 0. The van der Waals surface area contributed by atoms with Crippen molar-refractivity contribution in [3.8, 4) is 0 Å². The fraction of sp³-hybridized carbons (Fsp3) is 0.677. The Labute approximate surface area is 223 Å². The first-order valence-corrected chi connectivity index (χ1v) is 15.3. The van der Waals surface area contributed by atoms with Crippen LogP contribution in [0.5, 0.6) is 0 Å². The van der Waals surface area contributed by atoms with Gasteiger partial charge >= 0.3 is 0 Å². The zero-order valence-electron chi connectivity index (χ0n) is 23.1. The van der Waals surface area contributed by atoms with Gasteiger partial charge in [-0.05, 0) is 112 Å². The van der Waals surface area contributed by atoms with E-state index in [4.69, 9.17) is 4.99 Å². The largest absolute Gasteiger partial charge is 0.366 e. The second kappa shape index (κ2) is 10.6. The molecule has 0 aromatic heterocycles. The topological polar surface area (TPSA) is 35.9 Å². The van der Waals surface area contributed by atoms with Gasteiger partial charge in [-0.15, -0.1) is 0 Å². The third-order valence-corrected chi connectivity index (χ3v) is 10.0. The molecule has 3 fully saturated rings. The average molecular weight is 508 g/mol. The third-order valence-electron chi connectivity index (χ3n) is 9.02. The minimum absolute atomic E-state index is 0.163. The van der Waals surface area contributed by atoms with Crippen molar-refractivity contribution in [2.45, 2.75) is 129 Å². The van der Waals surface area contributed by atoms with Crippen molar-refractivity contribution in [3.05, 3.63) is 33.7 Å². The molecule has 0 bridgehead atoms. The van der Waals surface area contributed by atoms with Crippen molar-refractivity contribution in [1.29, 1.82) is 0 Å². The fourth-order valence-electron chi connectivity index (χ4n) is 7.15. The van der Waals surface area contributed by atoms with Gasteiger partial charge in [0.1, 0.15) is 0 Å². The van der Waals surface area contributed by atoms with Crippen molar-refractivity contribution < 1.29 is 4.79 Å². The SMILES string of the molecule is CCN1c2cc(C)c(/C=C3/SC(=NC4CCCCC4)N(C4CCCCC4)C3=O)cc2C(C)CC1(C)C. The number of fused-ring (bicyclic) bond motifs is 1. The Kier molecular flexibility index (Phi) is 7.59. The lowest BCUT2D eigenvalue weighted by Crippen LogP contribution is -2.48. The molecular weight excluding hydrogens is 462 g/mol. The van der Waals surface area contributed by atoms with Gasteiger partial charge in [-0.3, -0.25) is 14.7 Å². The number of amides is 1. The van der Waals surface area contributed by atoms with E-state index < -0.39 is 0 Å². The van der Waals surface area contributed by atoms with Crippen LogP contribution in [0, 0.1) is 6.92 Å². The number of anilines is 1. The minimum Gasteiger partial charge on any atom is -0.366 e. The summed E-state index contributed by atoms with van der Waals surface area (Å²) in [5, 5.41) is 0.980. The van der Waals surface area contributed by atoms with Crippen molar-refractivity contribution in [2.24, 2.45) is 4.99 Å². The summed E-state index contributed by atoms with van der Waals surface area (Å²) in [4.78, 5) is 24.6. The molecule has 1 unspecified atom stereocenters. The summed E-state index contributed by atoms with van der Waals surface area (Å²) in [5.41, 5.74) is 5.39. The Balaban J connectivity index is 1.49. The first kappa shape index (κ1) is 25.9. The van der Waals surface area contributed by atoms with Crippen LogP contribution in [0.1, 0.15) is 121 Å². The molecule has 196 valence electrons. The molecule has 0 spiro atoms. The van der Waals surface area contributed by atoms with E-state index in [1.165, 1.54) is 73.7 Å². The lowest BCUT2D eigenvalue weighted by Gasteiger charge is -2.47. The molecule has 2 aliphatic carbocycles. The van der Waals surface area contributed by atoms with Crippen molar-refractivity contribution >= 4 is 34.6 Å². The third kappa shape index (κ3) is 5.01. The summed E-state index contributed by atoms with van der Waals surface area (Å²) in [7, 11) is 0. The number of thioether (sulfide) groups is 1. The van der Waals surface area contributed by atoms with E-state index in [0.717, 1.165) is 35.9 Å². The molecule has 36 heavy (non-hydrogen) atoms. The highest BCUT2D eigenvalue weighted by Crippen LogP contribution is 2.45. The van der Waals surface area contributed by atoms with Gasteiger partial charge in [-0.25, -0.2) is 0 Å². The van der Waals surface area contributed by atoms with Gasteiger partial charge < -0.3 is 4.90 Å². The molecule has 5 rings (SSSR count). The monoisotopic (exact) mass is 507 g/mol. The second-order valence-electron chi connectivity index (χ2n) is 12.2. The van der Waals surface area contributed by atoms with Gasteiger partial charge in [-0.1, -0.05) is 45.4 Å². The van der Waals surface area contributed by atoms with E-state index in [1.54, 1.807) is 11.8 Å². The molecule has 1 saturated heterocycles. The van der Waals surface area contributed by atoms with E-state index >= 15 is 0 Å². The van der Waals surface area contributed by atoms with Crippen LogP contribution >= 0.6 is 11.8 Å². The average Bonchev–Trinajstić information content (AvgIpc) is 3.15. The number of hydrogen-bond acceptors (Lipinski definition) is 4. The molecule has 4 nitrogen and oxygen atoms in total. The van der Waals surface area contributed by atoms with E-state index in [9.17, 15) is 4.79 Å². The van der Waals surface area contributed by atoms with Gasteiger partial charge in [0, 0.05) is 23.8 Å². The van der Waals surface area contributed by atoms with Crippen LogP contribution in [0.4, 0.5) is 5.69 Å². The van der Waals surface area contributed by atoms with E-state index in [-0.39, 0.29) is 11.4 Å². The number of aryl methyl sites for hydroxylation is 1. The zero-order chi connectivity index (χ0) is 25.4. The van der Waals surface area contributed by atoms with Crippen molar-refractivity contribution in [2.75, 3.05) is 11.4 Å². The van der Waals surface area contributed by atoms with Gasteiger partial charge in [0.25, 0.3) is 5.91 Å². The first-order chi connectivity index (χ1) is 17.3. The minimum atomic E-state index is 0.163. The molecule has 2 heterocycles. The molecule has 0 radical (unpaired) electrons. The molecule has 4 aliphatic rings. The fourth-order valence-corrected chi connectivity index (χ4v) is 8.25. The maximum absolute atomic E-state index is 13.9. The summed E-state index contributed by atoms with van der Waals surface area (Å²) in [6.07, 6.45) is 15.5. The van der Waals surface area contributed by atoms with Crippen LogP contribution < -0.4 is 4.90 Å². The predicted molar refractivity (Wildman–Crippen MR) is 155 cm³/mol. The van der Waals surface area contributed by atoms with Crippen LogP contribution in [0.3, 0.4) is 0 Å². The summed E-state index contributed by atoms with van der Waals surface area (Å²) >= 11 is 1.64. The van der Waals surface area contributed by atoms with Gasteiger partial charge in [0.05, 0.1) is 10.9 Å². The molecule has 1 aromatic carbocycles. The van der Waals surface area contributed by atoms with Crippen LogP contribution in [0.15, 0.2) is 22.0 Å². The number of aliphatic imine (C=N–C) groups is 1. The Bertz CT molecular complexity index is 1050. The van der Waals surface area contributed by atoms with Crippen LogP contribution in [-0.2, 0) is 4.79 Å². The number of carbonyl (C=O) groups excluding carboxylic acids is 1. The number of amidine groups is 1. The normalized spacial score (nSPS) is 27.8. The highest BCUT2D eigenvalue weighted by atomic mass is 32.2. The molecule has 0 N–H and O–H groups in total. The van der Waals surface area contributed by atoms with Gasteiger partial charge in [0.15, 0.2) is 5.17 Å². The standard InChI is InChI=1S/C31H45N3OS/c1-6-33-27-17-21(2)23(18-26(27)22(3)20-31(33,4)5)19-28-29(35)34(25-15-11-8-12-16-25)30(36-28)32-24-13-9-7-10-14-24/h17-19,22,24-25H,6-16,20H2,1-5H3/b28-19+,32-30?. The predicted octanol–water partition coefficient (Wildman–Crippen LogP) is 8.04. The van der Waals surface area contributed by atoms with E-state index in [2.05, 4.69) is 62.6 Å². The lowest BCUT2D eigenvalue weighted by molar-refractivity contribution is -0.124. The van der Waals surface area contributed by atoms with Crippen LogP contribution in [0.25, 0.3) is 6.08 Å². The lowest BCUT2D eigenvalue weighted by atomic mass is 9.79. The Morgan fingerprint density at radius 3 is 2.39 bits per heavy atom. The zero-order valence-corrected chi connectivity index (χ0v) is 23.9. The molecule has 1 amide bonds. The summed E-state index contributed by atoms with van der Waals surface area (Å²) in [6, 6.07) is 5.43. The Hall–Kier alpha value is -1.75. The molecule has 1 atom stereocenters. The number of carbonyl (C=O) groups is 1. The van der Waals surface area contributed by atoms with E-state index in [0.29, 0.717) is 18.0 Å². The molecule has 2 saturated carbocycles. The number of benzene rings is 1. The summed E-state index contributed by atoms with van der Waals surface area (Å²) in [6.45, 7) is 12.6. The highest BCUT2D eigenvalue weighted by Gasteiger charge is 2.40. The van der Waals surface area contributed by atoms with Gasteiger partial charge in [-0.2, -0.15) is 0 Å². The molecule has 1 aromatic rings. The summed E-state index contributed by atoms with van der Waals surface area (Å²) in [5.74, 6) is 0.688. The number of rotatable bonds is 4. The van der Waals surface area contributed by atoms with Crippen LogP contribution in [-0.4, -0.2) is 40.1 Å². The molecule has 2 aliphatic heterocycles. The maximum Gasteiger partial charge on any atom is 0.266 e. The smallest absolute Gasteiger partial charge is 0.266 e. The maximum atomic E-state index is 13.9. The van der Waals surface area contributed by atoms with Crippen LogP contribution in [0.2, 0.25) is 0 Å². The van der Waals surface area contributed by atoms with E-state index in [1.807, 2.05) is 0 Å². The molecular formula is C31H45N3OS. The molecule has 5 heteroatoms. The second-order valence-corrected chi connectivity index (χ2v) is 13.2. The highest BCUT2D eigenvalue weighted by molar-refractivity contribution is 8.18. The number of nitrogens with zero attached hydrogens (tertiary/aromatic N) is 3. The number of hydrogen-bond donors (Lipinski definition) is 0. The van der Waals surface area contributed by atoms with Gasteiger partial charge in [0.2, 0.25) is 0 Å². The van der Waals surface area contributed by atoms with Crippen molar-refractivity contribution in [3.63, 3.8) is 0 Å².